The summed E-state index contributed by atoms with van der Waals surface area (Å²) in [6, 6.07) is 14.4. The molecule has 1 N–H and O–H groups in total. The Morgan fingerprint density at radius 3 is 2.35 bits per heavy atom. The van der Waals surface area contributed by atoms with Crippen LogP contribution >= 0.6 is 0 Å². The average molecular weight is 672 g/mol. The van der Waals surface area contributed by atoms with E-state index in [4.69, 9.17) is 14.2 Å². The Bertz CT molecular complexity index is 1790. The van der Waals surface area contributed by atoms with Gasteiger partial charge in [-0.1, -0.05) is 25.1 Å². The molecule has 1 aliphatic rings. The summed E-state index contributed by atoms with van der Waals surface area (Å²) >= 11 is 0. The van der Waals surface area contributed by atoms with Crippen molar-refractivity contribution < 1.29 is 41.0 Å². The Morgan fingerprint density at radius 1 is 0.979 bits per heavy atom. The third-order valence-electron chi connectivity index (χ3n) is 7.79. The molecule has 3 aromatic carbocycles. The average Bonchev–Trinajstić information content (AvgIpc) is 3.36. The number of benzene rings is 3. The number of rotatable bonds is 9. The van der Waals surface area contributed by atoms with Gasteiger partial charge >= 0.3 is 12.3 Å². The highest BCUT2D eigenvalue weighted by molar-refractivity contribution is 6.00. The van der Waals surface area contributed by atoms with Gasteiger partial charge in [0.15, 0.2) is 6.23 Å². The molecule has 1 fully saturated rings. The molecule has 1 aromatic heterocycles. The van der Waals surface area contributed by atoms with Gasteiger partial charge in [-0.15, -0.1) is 5.10 Å². The van der Waals surface area contributed by atoms with Gasteiger partial charge in [0.05, 0.1) is 23.0 Å². The minimum Gasteiger partial charge on any atom is -0.492 e. The van der Waals surface area contributed by atoms with Crippen LogP contribution in [0.5, 0.6) is 5.75 Å². The largest absolute Gasteiger partial charge is 0.492 e. The van der Waals surface area contributed by atoms with Gasteiger partial charge in [0, 0.05) is 6.61 Å². The van der Waals surface area contributed by atoms with Gasteiger partial charge in [0.1, 0.15) is 23.8 Å². The Morgan fingerprint density at radius 2 is 1.71 bits per heavy atom. The lowest BCUT2D eigenvalue weighted by Crippen LogP contribution is -2.34. The zero-order valence-electron chi connectivity index (χ0n) is 27.2. The van der Waals surface area contributed by atoms with Crippen molar-refractivity contribution in [2.75, 3.05) is 19.8 Å². The molecule has 4 aromatic rings. The van der Waals surface area contributed by atoms with E-state index in [1.54, 1.807) is 70.2 Å². The highest BCUT2D eigenvalue weighted by Crippen LogP contribution is 2.39. The second-order valence-corrected chi connectivity index (χ2v) is 12.5. The molecule has 256 valence electrons. The van der Waals surface area contributed by atoms with Gasteiger partial charge in [0.2, 0.25) is 5.95 Å². The molecule has 5 rings (SSSR count). The molecular formula is C36H38F5N3O4. The molecular weight excluding hydrogens is 633 g/mol. The maximum atomic E-state index is 15.4. The summed E-state index contributed by atoms with van der Waals surface area (Å²) in [4.78, 5) is 11.9. The number of aromatic nitrogens is 2. The number of nitrogens with zero attached hydrogens (tertiary/aromatic N) is 2. The topological polar surface area (TPSA) is 74.6 Å². The van der Waals surface area contributed by atoms with E-state index in [2.05, 4.69) is 10.4 Å². The second-order valence-electron chi connectivity index (χ2n) is 12.5. The minimum absolute atomic E-state index is 0.0558. The molecule has 1 amide bonds. The van der Waals surface area contributed by atoms with Gasteiger partial charge in [-0.25, -0.2) is 13.9 Å². The smallest absolute Gasteiger partial charge is 0.416 e. The maximum absolute atomic E-state index is 15.4. The highest BCUT2D eigenvalue weighted by Gasteiger charge is 2.32. The second kappa shape index (κ2) is 14.3. The molecule has 0 radical (unpaired) electrons. The fraction of sp³-hybridized carbons (Fsp3) is 0.389. The van der Waals surface area contributed by atoms with Crippen LogP contribution in [0.2, 0.25) is 0 Å². The summed E-state index contributed by atoms with van der Waals surface area (Å²) in [5.41, 5.74) is 0.859. The first-order valence-electron chi connectivity index (χ1n) is 15.8. The fourth-order valence-electron chi connectivity index (χ4n) is 5.72. The number of allylic oxidation sites excluding steroid dienone is 1. The fourth-order valence-corrected chi connectivity index (χ4v) is 5.72. The van der Waals surface area contributed by atoms with E-state index in [1.807, 2.05) is 0 Å². The molecule has 0 bridgehead atoms. The number of nitrogens with one attached hydrogen (secondary N) is 1. The number of halogens is 5. The zero-order valence-corrected chi connectivity index (χ0v) is 27.2. The Kier molecular flexibility index (Phi) is 10.4. The SMILES string of the molecule is CC/C(=C(/c1ccc(OCCNC(=O)OC(C)(C)C)cc1)c1ccc2c(c1)c(F)nn2C1CCCCO1)c1cc(F)cc(C(F)(F)F)c1. The monoisotopic (exact) mass is 671 g/mol. The first kappa shape index (κ1) is 34.9. The quantitative estimate of drug-likeness (QED) is 0.109. The van der Waals surface area contributed by atoms with Gasteiger partial charge in [-0.2, -0.15) is 17.6 Å². The lowest BCUT2D eigenvalue weighted by molar-refractivity contribution is -0.137. The van der Waals surface area contributed by atoms with Gasteiger partial charge in [-0.05, 0) is 117 Å². The van der Waals surface area contributed by atoms with E-state index < -0.39 is 41.4 Å². The van der Waals surface area contributed by atoms with Crippen molar-refractivity contribution in [3.63, 3.8) is 0 Å². The third kappa shape index (κ3) is 8.33. The summed E-state index contributed by atoms with van der Waals surface area (Å²) in [6.07, 6.45) is -2.97. The maximum Gasteiger partial charge on any atom is 0.416 e. The molecule has 12 heteroatoms. The van der Waals surface area contributed by atoms with Crippen LogP contribution in [-0.4, -0.2) is 41.2 Å². The molecule has 7 nitrogen and oxygen atoms in total. The van der Waals surface area contributed by atoms with Crippen LogP contribution in [0.1, 0.15) is 81.9 Å². The lowest BCUT2D eigenvalue weighted by Gasteiger charge is -2.23. The van der Waals surface area contributed by atoms with Crippen molar-refractivity contribution in [3.8, 4) is 5.75 Å². The minimum atomic E-state index is -4.76. The number of alkyl halides is 3. The van der Waals surface area contributed by atoms with E-state index in [-0.39, 0.29) is 30.5 Å². The molecule has 2 heterocycles. The molecule has 1 atom stereocenters. The van der Waals surface area contributed by atoms with Gasteiger partial charge < -0.3 is 19.5 Å². The summed E-state index contributed by atoms with van der Waals surface area (Å²) in [5.74, 6) is -1.25. The summed E-state index contributed by atoms with van der Waals surface area (Å²) in [5, 5.41) is 6.96. The van der Waals surface area contributed by atoms with E-state index in [1.165, 1.54) is 4.68 Å². The van der Waals surface area contributed by atoms with Crippen molar-refractivity contribution in [3.05, 3.63) is 94.7 Å². The molecule has 1 unspecified atom stereocenters. The number of carbonyl (C=O) groups is 1. The number of alkyl carbamates (subject to hydrolysis) is 1. The Hall–Kier alpha value is -4.45. The van der Waals surface area contributed by atoms with Crippen molar-refractivity contribution in [2.24, 2.45) is 0 Å². The first-order valence-corrected chi connectivity index (χ1v) is 15.8. The van der Waals surface area contributed by atoms with Crippen LogP contribution in [0.3, 0.4) is 0 Å². The summed E-state index contributed by atoms with van der Waals surface area (Å²) in [6.45, 7) is 7.92. The predicted molar refractivity (Wildman–Crippen MR) is 172 cm³/mol. The van der Waals surface area contributed by atoms with E-state index in [0.29, 0.717) is 52.6 Å². The summed E-state index contributed by atoms with van der Waals surface area (Å²) < 4.78 is 89.6. The van der Waals surface area contributed by atoms with Gasteiger partial charge in [0.25, 0.3) is 0 Å². The van der Waals surface area contributed by atoms with E-state index in [9.17, 15) is 22.4 Å². The van der Waals surface area contributed by atoms with E-state index >= 15 is 4.39 Å². The Labute approximate surface area is 275 Å². The lowest BCUT2D eigenvalue weighted by atomic mass is 9.87. The molecule has 0 spiro atoms. The zero-order chi connectivity index (χ0) is 34.6. The molecule has 1 aliphatic heterocycles. The van der Waals surface area contributed by atoms with Crippen LogP contribution in [-0.2, 0) is 15.7 Å². The molecule has 0 saturated carbocycles. The first-order chi connectivity index (χ1) is 22.7. The van der Waals surface area contributed by atoms with Crippen LogP contribution in [0.4, 0.5) is 26.7 Å². The number of ether oxygens (including phenoxy) is 3. The normalized spacial score (nSPS) is 16.1. The van der Waals surface area contributed by atoms with E-state index in [0.717, 1.165) is 25.0 Å². The van der Waals surface area contributed by atoms with Crippen molar-refractivity contribution in [1.82, 2.24) is 15.1 Å². The molecule has 0 aliphatic carbocycles. The molecule has 1 saturated heterocycles. The number of hydrogen-bond acceptors (Lipinski definition) is 5. The highest BCUT2D eigenvalue weighted by atomic mass is 19.4. The third-order valence-corrected chi connectivity index (χ3v) is 7.79. The van der Waals surface area contributed by atoms with Crippen LogP contribution in [0.25, 0.3) is 22.0 Å². The summed E-state index contributed by atoms with van der Waals surface area (Å²) in [7, 11) is 0. The van der Waals surface area contributed by atoms with Crippen molar-refractivity contribution >= 4 is 28.1 Å². The Balaban J connectivity index is 1.53. The predicted octanol–water partition coefficient (Wildman–Crippen LogP) is 9.30. The standard InChI is InChI=1S/C36H38F5N3O4/c1-5-28(24-18-25(36(39,40)41)21-26(37)19-24)32(22-9-12-27(13-10-22)46-17-15-42-34(45)48-35(2,3)4)23-11-14-30-29(20-23)33(38)43-44(30)31-8-6-7-16-47-31/h9-14,18-21,31H,5-8,15-17H2,1-4H3,(H,42,45)/b32-28+. The van der Waals surface area contributed by atoms with Gasteiger partial charge in [-0.3, -0.25) is 0 Å². The number of fused-ring (bicyclic) bond motifs is 1. The number of hydrogen-bond donors (Lipinski definition) is 1. The number of amides is 1. The molecule has 48 heavy (non-hydrogen) atoms. The van der Waals surface area contributed by atoms with Crippen LogP contribution < -0.4 is 10.1 Å². The van der Waals surface area contributed by atoms with Crippen molar-refractivity contribution in [1.29, 1.82) is 0 Å². The van der Waals surface area contributed by atoms with Crippen molar-refractivity contribution in [2.45, 2.75) is 71.4 Å². The van der Waals surface area contributed by atoms with Crippen LogP contribution in [0, 0.1) is 11.8 Å². The van der Waals surface area contributed by atoms with Crippen LogP contribution in [0.15, 0.2) is 60.7 Å². The number of carbonyl (C=O) groups excluding carboxylic acids is 1.